The lowest BCUT2D eigenvalue weighted by Crippen LogP contribution is -2.26. The van der Waals surface area contributed by atoms with E-state index in [1.54, 1.807) is 18.2 Å². The summed E-state index contributed by atoms with van der Waals surface area (Å²) in [6, 6.07) is 5.28. The van der Waals surface area contributed by atoms with Gasteiger partial charge in [0.05, 0.1) is 25.4 Å². The van der Waals surface area contributed by atoms with Gasteiger partial charge in [-0.3, -0.25) is 4.79 Å². The monoisotopic (exact) mass is 264 g/mol. The van der Waals surface area contributed by atoms with Gasteiger partial charge in [-0.1, -0.05) is 0 Å². The topological polar surface area (TPSA) is 54.0 Å². The molecule has 2 aliphatic heterocycles. The number of Topliss-reactive ketones (excluding diaryl/α,β-unsaturated/α-hetero) is 1. The number of fused-ring (bicyclic) bond motifs is 1. The fourth-order valence-electron chi connectivity index (χ4n) is 2.14. The van der Waals surface area contributed by atoms with Crippen LogP contribution in [-0.4, -0.2) is 38.5 Å². The van der Waals surface area contributed by atoms with Crippen LogP contribution in [0.2, 0.25) is 0 Å². The Bertz CT molecular complexity index is 465. The fourth-order valence-corrected chi connectivity index (χ4v) is 2.14. The number of ether oxygens (including phenoxy) is 4. The Morgan fingerprint density at radius 3 is 2.95 bits per heavy atom. The number of hydrogen-bond acceptors (Lipinski definition) is 5. The van der Waals surface area contributed by atoms with Gasteiger partial charge in [0.2, 0.25) is 5.78 Å². The van der Waals surface area contributed by atoms with Crippen LogP contribution in [0.3, 0.4) is 0 Å². The number of hydrogen-bond donors (Lipinski definition) is 0. The zero-order valence-electron chi connectivity index (χ0n) is 10.6. The maximum atomic E-state index is 11.4. The quantitative estimate of drug-likeness (QED) is 0.830. The smallest absolute Gasteiger partial charge is 0.203 e. The molecular formula is C14H16O5. The number of benzene rings is 1. The second-order valence-electron chi connectivity index (χ2n) is 4.53. The van der Waals surface area contributed by atoms with Crippen molar-refractivity contribution in [3.05, 3.63) is 23.8 Å². The molecule has 0 aliphatic carbocycles. The summed E-state index contributed by atoms with van der Waals surface area (Å²) in [7, 11) is 0. The maximum absolute atomic E-state index is 11.4. The Hall–Kier alpha value is -1.59. The van der Waals surface area contributed by atoms with Crippen LogP contribution in [0.4, 0.5) is 0 Å². The molecule has 0 atom stereocenters. The summed E-state index contributed by atoms with van der Waals surface area (Å²) in [5, 5.41) is 0. The van der Waals surface area contributed by atoms with Gasteiger partial charge in [0.15, 0.2) is 12.9 Å². The zero-order chi connectivity index (χ0) is 13.1. The molecule has 1 saturated heterocycles. The van der Waals surface area contributed by atoms with Crippen LogP contribution in [0.5, 0.6) is 11.5 Å². The molecule has 5 heteroatoms. The van der Waals surface area contributed by atoms with Crippen LogP contribution in [0, 0.1) is 0 Å². The van der Waals surface area contributed by atoms with Crippen molar-refractivity contribution in [3.8, 4) is 11.5 Å². The van der Waals surface area contributed by atoms with Crippen LogP contribution in [0.25, 0.3) is 0 Å². The highest BCUT2D eigenvalue weighted by Crippen LogP contribution is 2.29. The van der Waals surface area contributed by atoms with Gasteiger partial charge >= 0.3 is 0 Å². The van der Waals surface area contributed by atoms with E-state index < -0.39 is 0 Å². The van der Waals surface area contributed by atoms with Gasteiger partial charge in [0.25, 0.3) is 0 Å². The van der Waals surface area contributed by atoms with Crippen LogP contribution >= 0.6 is 0 Å². The third-order valence-electron chi connectivity index (χ3n) is 3.13. The average molecular weight is 264 g/mol. The molecule has 1 aromatic carbocycles. The highest BCUT2D eigenvalue weighted by molar-refractivity contribution is 6.02. The molecule has 102 valence electrons. The van der Waals surface area contributed by atoms with Crippen molar-refractivity contribution in [2.45, 2.75) is 19.1 Å². The molecule has 3 rings (SSSR count). The summed E-state index contributed by atoms with van der Waals surface area (Å²) in [5.41, 5.74) is 0.631. The van der Waals surface area contributed by atoms with E-state index in [0.717, 1.165) is 19.6 Å². The number of carbonyl (C=O) groups is 1. The highest BCUT2D eigenvalue weighted by Gasteiger charge is 2.21. The van der Waals surface area contributed by atoms with Gasteiger partial charge in [-0.25, -0.2) is 0 Å². The lowest BCUT2D eigenvalue weighted by atomic mass is 10.1. The van der Waals surface area contributed by atoms with Gasteiger partial charge in [-0.2, -0.15) is 0 Å². The van der Waals surface area contributed by atoms with E-state index in [9.17, 15) is 4.79 Å². The molecule has 5 nitrogen and oxygen atoms in total. The van der Waals surface area contributed by atoms with Crippen LogP contribution < -0.4 is 9.47 Å². The maximum Gasteiger partial charge on any atom is 0.203 e. The van der Waals surface area contributed by atoms with Crippen molar-refractivity contribution >= 4 is 5.78 Å². The lowest BCUT2D eigenvalue weighted by Gasteiger charge is -2.23. The molecule has 1 fully saturated rings. The van der Waals surface area contributed by atoms with Gasteiger partial charge in [0.1, 0.15) is 11.5 Å². The minimum Gasteiger partial charge on any atom is -0.493 e. The molecule has 0 N–H and O–H groups in total. The summed E-state index contributed by atoms with van der Waals surface area (Å²) in [4.78, 5) is 11.4. The van der Waals surface area contributed by atoms with Crippen LogP contribution in [0.15, 0.2) is 18.2 Å². The summed E-state index contributed by atoms with van der Waals surface area (Å²) < 4.78 is 21.8. The third kappa shape index (κ3) is 2.88. The second kappa shape index (κ2) is 5.59. The summed E-state index contributed by atoms with van der Waals surface area (Å²) in [6.45, 7) is 2.14. The fraction of sp³-hybridized carbons (Fsp3) is 0.500. The highest BCUT2D eigenvalue weighted by atomic mass is 16.7. The normalized spacial score (nSPS) is 19.1. The van der Waals surface area contributed by atoms with Gasteiger partial charge in [-0.05, 0) is 18.6 Å². The molecule has 1 aromatic rings. The molecule has 0 amide bonds. The van der Waals surface area contributed by atoms with Gasteiger partial charge < -0.3 is 18.9 Å². The predicted molar refractivity (Wildman–Crippen MR) is 66.7 cm³/mol. The largest absolute Gasteiger partial charge is 0.493 e. The summed E-state index contributed by atoms with van der Waals surface area (Å²) in [5.74, 6) is 1.32. The molecule has 0 saturated carbocycles. The van der Waals surface area contributed by atoms with E-state index in [1.165, 1.54) is 0 Å². The summed E-state index contributed by atoms with van der Waals surface area (Å²) >= 11 is 0. The van der Waals surface area contributed by atoms with Crippen LogP contribution in [-0.2, 0) is 9.47 Å². The predicted octanol–water partition coefficient (Wildman–Crippen LogP) is 1.79. The lowest BCUT2D eigenvalue weighted by molar-refractivity contribution is -0.183. The molecule has 0 bridgehead atoms. The van der Waals surface area contributed by atoms with E-state index in [1.807, 2.05) is 0 Å². The molecule has 0 aromatic heterocycles. The second-order valence-corrected chi connectivity index (χ2v) is 4.53. The zero-order valence-corrected chi connectivity index (χ0v) is 10.6. The van der Waals surface area contributed by atoms with Gasteiger partial charge in [0, 0.05) is 12.5 Å². The third-order valence-corrected chi connectivity index (χ3v) is 3.13. The first-order valence-electron chi connectivity index (χ1n) is 6.49. The van der Waals surface area contributed by atoms with Crippen molar-refractivity contribution in [2.24, 2.45) is 0 Å². The molecule has 0 radical (unpaired) electrons. The van der Waals surface area contributed by atoms with Crippen LogP contribution in [0.1, 0.15) is 23.2 Å². The Morgan fingerprint density at radius 1 is 1.26 bits per heavy atom. The van der Waals surface area contributed by atoms with Crippen molar-refractivity contribution in [1.82, 2.24) is 0 Å². The van der Waals surface area contributed by atoms with Crippen molar-refractivity contribution < 1.29 is 23.7 Å². The van der Waals surface area contributed by atoms with E-state index >= 15 is 0 Å². The molecular weight excluding hydrogens is 248 g/mol. The minimum absolute atomic E-state index is 0.0190. The summed E-state index contributed by atoms with van der Waals surface area (Å²) in [6.07, 6.45) is 1.48. The number of ketones is 1. The standard InChI is InChI=1S/C14H16O5/c15-12-9-19-13-8-10(2-3-11(12)13)16-7-4-14-17-5-1-6-18-14/h2-3,8,14H,1,4-7,9H2. The first-order chi connectivity index (χ1) is 9.33. The van der Waals surface area contributed by atoms with Crippen molar-refractivity contribution in [1.29, 1.82) is 0 Å². The van der Waals surface area contributed by atoms with E-state index in [4.69, 9.17) is 18.9 Å². The number of rotatable bonds is 4. The van der Waals surface area contributed by atoms with Crippen molar-refractivity contribution in [2.75, 3.05) is 26.4 Å². The van der Waals surface area contributed by atoms with Crippen molar-refractivity contribution in [3.63, 3.8) is 0 Å². The molecule has 2 aliphatic rings. The molecule has 0 spiro atoms. The molecule has 2 heterocycles. The number of carbonyl (C=O) groups excluding carboxylic acids is 1. The first-order valence-corrected chi connectivity index (χ1v) is 6.49. The minimum atomic E-state index is -0.166. The molecule has 0 unspecified atom stereocenters. The Kier molecular flexibility index (Phi) is 3.66. The van der Waals surface area contributed by atoms with E-state index in [0.29, 0.717) is 30.1 Å². The van der Waals surface area contributed by atoms with Gasteiger partial charge in [-0.15, -0.1) is 0 Å². The average Bonchev–Trinajstić information content (AvgIpc) is 2.81. The Balaban J connectivity index is 1.51. The first kappa shape index (κ1) is 12.4. The Morgan fingerprint density at radius 2 is 2.11 bits per heavy atom. The SMILES string of the molecule is O=C1COc2cc(OCCC3OCCCO3)ccc21. The van der Waals surface area contributed by atoms with E-state index in [-0.39, 0.29) is 18.7 Å². The van der Waals surface area contributed by atoms with E-state index in [2.05, 4.69) is 0 Å². The molecule has 19 heavy (non-hydrogen) atoms. The Labute approximate surface area is 111 Å².